The van der Waals surface area contributed by atoms with E-state index in [9.17, 15) is 4.79 Å². The first kappa shape index (κ1) is 13.6. The fourth-order valence-corrected chi connectivity index (χ4v) is 1.84. The van der Waals surface area contributed by atoms with Crippen LogP contribution >= 0.6 is 0 Å². The molecule has 0 bridgehead atoms. The average Bonchev–Trinajstić information content (AvgIpc) is 2.75. The first-order valence-corrected chi connectivity index (χ1v) is 6.36. The fourth-order valence-electron chi connectivity index (χ4n) is 1.84. The molecule has 0 unspecified atom stereocenters. The smallest absolute Gasteiger partial charge is 0.257 e. The molecule has 0 saturated carbocycles. The Morgan fingerprint density at radius 3 is 2.47 bits per heavy atom. The van der Waals surface area contributed by atoms with Crippen molar-refractivity contribution in [2.75, 3.05) is 0 Å². The van der Waals surface area contributed by atoms with Gasteiger partial charge in [0.05, 0.1) is 10.9 Å². The van der Waals surface area contributed by atoms with Crippen molar-refractivity contribution in [2.45, 2.75) is 47.0 Å². The molecule has 2 heterocycles. The van der Waals surface area contributed by atoms with Crippen LogP contribution in [-0.2, 0) is 6.42 Å². The fraction of sp³-hybridized carbons (Fsp3) is 0.500. The molecule has 17 heavy (non-hydrogen) atoms. The summed E-state index contributed by atoms with van der Waals surface area (Å²) in [5, 5.41) is 0.807. The summed E-state index contributed by atoms with van der Waals surface area (Å²) in [6, 6.07) is 2.03. The van der Waals surface area contributed by atoms with Gasteiger partial charge in [-0.2, -0.15) is 0 Å². The van der Waals surface area contributed by atoms with E-state index in [0.29, 0.717) is 5.92 Å². The number of fused-ring (bicyclic) bond motifs is 1. The average molecular weight is 234 g/mol. The minimum atomic E-state index is 0.0225. The van der Waals surface area contributed by atoms with Crippen molar-refractivity contribution in [3.8, 4) is 0 Å². The predicted octanol–water partition coefficient (Wildman–Crippen LogP) is 3.57. The quantitative estimate of drug-likeness (QED) is 0.820. The number of hydrogen-bond donors (Lipinski definition) is 2. The zero-order chi connectivity index (χ0) is 13.0. The van der Waals surface area contributed by atoms with Crippen LogP contribution in [0.4, 0.5) is 0 Å². The molecule has 0 amide bonds. The Balaban J connectivity index is 0.000000686. The van der Waals surface area contributed by atoms with Crippen molar-refractivity contribution < 1.29 is 0 Å². The molecule has 0 aromatic carbocycles. The first-order chi connectivity index (χ1) is 8.13. The number of rotatable bonds is 2. The van der Waals surface area contributed by atoms with Gasteiger partial charge in [-0.3, -0.25) is 4.79 Å². The van der Waals surface area contributed by atoms with Gasteiger partial charge in [-0.15, -0.1) is 0 Å². The third-order valence-electron chi connectivity index (χ3n) is 2.78. The lowest BCUT2D eigenvalue weighted by molar-refractivity contribution is 0.820. The van der Waals surface area contributed by atoms with Crippen molar-refractivity contribution in [3.05, 3.63) is 33.9 Å². The van der Waals surface area contributed by atoms with Crippen LogP contribution in [0.15, 0.2) is 17.1 Å². The normalized spacial score (nSPS) is 10.5. The summed E-state index contributed by atoms with van der Waals surface area (Å²) in [5.74, 6) is 0.343. The van der Waals surface area contributed by atoms with E-state index in [0.717, 1.165) is 28.6 Å². The number of H-pyrrole nitrogens is 2. The maximum atomic E-state index is 11.9. The van der Waals surface area contributed by atoms with Crippen LogP contribution in [0.1, 0.15) is 51.8 Å². The van der Waals surface area contributed by atoms with Gasteiger partial charge in [0.15, 0.2) is 0 Å². The molecule has 0 saturated heterocycles. The van der Waals surface area contributed by atoms with Crippen LogP contribution < -0.4 is 5.56 Å². The highest BCUT2D eigenvalue weighted by atomic mass is 16.1. The molecule has 3 heteroatoms. The van der Waals surface area contributed by atoms with Crippen LogP contribution in [0.25, 0.3) is 10.9 Å². The van der Waals surface area contributed by atoms with Gasteiger partial charge in [-0.05, 0) is 24.0 Å². The van der Waals surface area contributed by atoms with Gasteiger partial charge in [0.1, 0.15) is 0 Å². The van der Waals surface area contributed by atoms with Gasteiger partial charge < -0.3 is 9.97 Å². The molecule has 2 aromatic rings. The molecule has 2 aromatic heterocycles. The zero-order valence-electron chi connectivity index (χ0n) is 11.3. The highest BCUT2D eigenvalue weighted by Gasteiger charge is 2.09. The molecule has 0 spiro atoms. The van der Waals surface area contributed by atoms with Crippen LogP contribution in [0.5, 0.6) is 0 Å². The van der Waals surface area contributed by atoms with E-state index < -0.39 is 0 Å². The third kappa shape index (κ3) is 2.60. The molecular formula is C14H22N2O. The summed E-state index contributed by atoms with van der Waals surface area (Å²) in [6.45, 7) is 10.2. The minimum Gasteiger partial charge on any atom is -0.361 e. The summed E-state index contributed by atoms with van der Waals surface area (Å²) >= 11 is 0. The monoisotopic (exact) mass is 234 g/mol. The SMILES string of the molecule is CC.CCc1c[nH]c2cc(C(C)C)[nH]c(=O)c12. The minimum absolute atomic E-state index is 0.0225. The Morgan fingerprint density at radius 2 is 1.94 bits per heavy atom. The van der Waals surface area contributed by atoms with E-state index in [-0.39, 0.29) is 5.56 Å². The zero-order valence-corrected chi connectivity index (χ0v) is 11.3. The maximum absolute atomic E-state index is 11.9. The summed E-state index contributed by atoms with van der Waals surface area (Å²) in [6.07, 6.45) is 2.80. The molecule has 2 rings (SSSR count). The number of nitrogens with one attached hydrogen (secondary N) is 2. The molecule has 0 radical (unpaired) electrons. The van der Waals surface area contributed by atoms with Crippen LogP contribution in [-0.4, -0.2) is 9.97 Å². The molecule has 0 fully saturated rings. The number of hydrogen-bond acceptors (Lipinski definition) is 1. The first-order valence-electron chi connectivity index (χ1n) is 6.36. The number of pyridine rings is 1. The van der Waals surface area contributed by atoms with Gasteiger partial charge in [-0.25, -0.2) is 0 Å². The van der Waals surface area contributed by atoms with E-state index >= 15 is 0 Å². The van der Waals surface area contributed by atoms with Crippen LogP contribution in [0, 0.1) is 0 Å². The number of aryl methyl sites for hydroxylation is 1. The molecule has 0 aliphatic heterocycles. The van der Waals surface area contributed by atoms with Gasteiger partial charge in [0.2, 0.25) is 0 Å². The van der Waals surface area contributed by atoms with E-state index in [1.165, 1.54) is 0 Å². The highest BCUT2D eigenvalue weighted by Crippen LogP contribution is 2.18. The Bertz CT molecular complexity index is 535. The second-order valence-corrected chi connectivity index (χ2v) is 4.16. The van der Waals surface area contributed by atoms with Crippen LogP contribution in [0.3, 0.4) is 0 Å². The second kappa shape index (κ2) is 5.71. The summed E-state index contributed by atoms with van der Waals surface area (Å²) in [7, 11) is 0. The molecular weight excluding hydrogens is 212 g/mol. The molecule has 0 aliphatic rings. The Morgan fingerprint density at radius 1 is 1.29 bits per heavy atom. The van der Waals surface area contributed by atoms with E-state index in [2.05, 4.69) is 30.7 Å². The van der Waals surface area contributed by atoms with Gasteiger partial charge in [-0.1, -0.05) is 34.6 Å². The predicted molar refractivity (Wildman–Crippen MR) is 73.7 cm³/mol. The number of aromatic amines is 2. The van der Waals surface area contributed by atoms with Crippen molar-refractivity contribution >= 4 is 10.9 Å². The molecule has 2 N–H and O–H groups in total. The van der Waals surface area contributed by atoms with Crippen molar-refractivity contribution in [1.29, 1.82) is 0 Å². The topological polar surface area (TPSA) is 48.6 Å². The lowest BCUT2D eigenvalue weighted by Crippen LogP contribution is -2.10. The largest absolute Gasteiger partial charge is 0.361 e. The summed E-state index contributed by atoms with van der Waals surface area (Å²) < 4.78 is 0. The van der Waals surface area contributed by atoms with Crippen LogP contribution in [0.2, 0.25) is 0 Å². The second-order valence-electron chi connectivity index (χ2n) is 4.16. The summed E-state index contributed by atoms with van der Waals surface area (Å²) in [4.78, 5) is 18.0. The standard InChI is InChI=1S/C12H16N2O.C2H6/c1-4-8-6-13-10-5-9(7(2)3)14-12(15)11(8)10;1-2/h5-7,13H,4H2,1-3H3,(H,14,15);1-2H3. The number of aromatic nitrogens is 2. The van der Waals surface area contributed by atoms with Crippen molar-refractivity contribution in [2.24, 2.45) is 0 Å². The van der Waals surface area contributed by atoms with Crippen molar-refractivity contribution in [1.82, 2.24) is 9.97 Å². The molecule has 0 atom stereocenters. The third-order valence-corrected chi connectivity index (χ3v) is 2.78. The van der Waals surface area contributed by atoms with Gasteiger partial charge in [0, 0.05) is 11.9 Å². The Labute approximate surface area is 102 Å². The highest BCUT2D eigenvalue weighted by molar-refractivity contribution is 5.82. The van der Waals surface area contributed by atoms with Gasteiger partial charge >= 0.3 is 0 Å². The van der Waals surface area contributed by atoms with Crippen molar-refractivity contribution in [3.63, 3.8) is 0 Å². The van der Waals surface area contributed by atoms with E-state index in [1.807, 2.05) is 26.1 Å². The Hall–Kier alpha value is -1.51. The molecule has 94 valence electrons. The van der Waals surface area contributed by atoms with E-state index in [4.69, 9.17) is 0 Å². The molecule has 3 nitrogen and oxygen atoms in total. The molecule has 0 aliphatic carbocycles. The Kier molecular flexibility index (Phi) is 4.55. The summed E-state index contributed by atoms with van der Waals surface area (Å²) in [5.41, 5.74) is 3.03. The lowest BCUT2D eigenvalue weighted by atomic mass is 10.1. The van der Waals surface area contributed by atoms with E-state index in [1.54, 1.807) is 0 Å². The lowest BCUT2D eigenvalue weighted by Gasteiger charge is -2.04. The maximum Gasteiger partial charge on any atom is 0.257 e. The van der Waals surface area contributed by atoms with Gasteiger partial charge in [0.25, 0.3) is 5.56 Å².